The van der Waals surface area contributed by atoms with E-state index in [1.807, 2.05) is 27.6 Å². The molecule has 1 fully saturated rings. The van der Waals surface area contributed by atoms with E-state index in [4.69, 9.17) is 0 Å². The molecule has 0 aromatic carbocycles. The van der Waals surface area contributed by atoms with Crippen LogP contribution in [0.4, 0.5) is 5.82 Å². The zero-order valence-corrected chi connectivity index (χ0v) is 11.5. The van der Waals surface area contributed by atoms with E-state index >= 15 is 0 Å². The van der Waals surface area contributed by atoms with Gasteiger partial charge >= 0.3 is 0 Å². The van der Waals surface area contributed by atoms with Gasteiger partial charge in [-0.05, 0) is 24.3 Å². The largest absolute Gasteiger partial charge is 0.307 e. The van der Waals surface area contributed by atoms with E-state index in [9.17, 15) is 4.79 Å². The van der Waals surface area contributed by atoms with E-state index in [-0.39, 0.29) is 5.91 Å². The van der Waals surface area contributed by atoms with Crippen molar-refractivity contribution in [2.45, 2.75) is 38.1 Å². The van der Waals surface area contributed by atoms with Crippen molar-refractivity contribution in [1.82, 2.24) is 9.78 Å². The number of hydrogen-bond donors (Lipinski definition) is 1. The van der Waals surface area contributed by atoms with Gasteiger partial charge in [-0.3, -0.25) is 4.79 Å². The van der Waals surface area contributed by atoms with Gasteiger partial charge in [0.2, 0.25) is 0 Å². The van der Waals surface area contributed by atoms with E-state index in [0.717, 1.165) is 18.7 Å². The molecule has 19 heavy (non-hydrogen) atoms. The van der Waals surface area contributed by atoms with Gasteiger partial charge in [-0.2, -0.15) is 16.4 Å². The van der Waals surface area contributed by atoms with Gasteiger partial charge in [0.05, 0.1) is 17.8 Å². The molecule has 1 aliphatic carbocycles. The lowest BCUT2D eigenvalue weighted by Crippen LogP contribution is -2.19. The molecule has 0 saturated heterocycles. The lowest BCUT2D eigenvalue weighted by molar-refractivity contribution is 0.102. The third-order valence-electron chi connectivity index (χ3n) is 3.62. The number of carbonyl (C=O) groups excluding carboxylic acids is 1. The fourth-order valence-corrected chi connectivity index (χ4v) is 3.25. The summed E-state index contributed by atoms with van der Waals surface area (Å²) in [6.07, 6.45) is 7.89. The number of rotatable bonds is 3. The van der Waals surface area contributed by atoms with E-state index in [0.29, 0.717) is 11.6 Å². The van der Waals surface area contributed by atoms with Gasteiger partial charge in [-0.25, -0.2) is 4.68 Å². The minimum absolute atomic E-state index is 0.0567. The molecule has 1 aliphatic rings. The summed E-state index contributed by atoms with van der Waals surface area (Å²) in [5, 5.41) is 11.1. The highest BCUT2D eigenvalue weighted by Crippen LogP contribution is 2.30. The standard InChI is InChI=1S/C14H17N3OS/c18-14(11-7-9-19-10-11)16-13-6-8-15-17(13)12-4-2-1-3-5-12/h6-10,12H,1-5H2,(H,16,18). The molecule has 3 rings (SSSR count). The van der Waals surface area contributed by atoms with Gasteiger partial charge in [0.1, 0.15) is 5.82 Å². The van der Waals surface area contributed by atoms with E-state index < -0.39 is 0 Å². The second kappa shape index (κ2) is 5.57. The number of thiophene rings is 1. The Labute approximate surface area is 116 Å². The number of anilines is 1. The number of hydrogen-bond acceptors (Lipinski definition) is 3. The molecule has 2 aromatic heterocycles. The van der Waals surface area contributed by atoms with Crippen LogP contribution < -0.4 is 5.32 Å². The average molecular weight is 275 g/mol. The lowest BCUT2D eigenvalue weighted by atomic mass is 9.96. The Kier molecular flexibility index (Phi) is 3.64. The van der Waals surface area contributed by atoms with Crippen molar-refractivity contribution in [1.29, 1.82) is 0 Å². The Morgan fingerprint density at radius 2 is 2.16 bits per heavy atom. The molecule has 0 aliphatic heterocycles. The smallest absolute Gasteiger partial charge is 0.257 e. The number of carbonyl (C=O) groups is 1. The van der Waals surface area contributed by atoms with Gasteiger partial charge in [0.15, 0.2) is 0 Å². The van der Waals surface area contributed by atoms with Crippen molar-refractivity contribution in [3.8, 4) is 0 Å². The molecule has 1 N–H and O–H groups in total. The molecule has 0 bridgehead atoms. The number of amides is 1. The molecule has 2 aromatic rings. The van der Waals surface area contributed by atoms with E-state index in [1.165, 1.54) is 30.6 Å². The van der Waals surface area contributed by atoms with Gasteiger partial charge in [0, 0.05) is 11.4 Å². The quantitative estimate of drug-likeness (QED) is 0.928. The minimum atomic E-state index is -0.0567. The third-order valence-corrected chi connectivity index (χ3v) is 4.30. The highest BCUT2D eigenvalue weighted by atomic mass is 32.1. The summed E-state index contributed by atoms with van der Waals surface area (Å²) >= 11 is 1.53. The summed E-state index contributed by atoms with van der Waals surface area (Å²) in [4.78, 5) is 12.1. The maximum Gasteiger partial charge on any atom is 0.257 e. The molecule has 5 heteroatoms. The molecule has 0 radical (unpaired) electrons. The second-order valence-corrected chi connectivity index (χ2v) is 5.70. The molecule has 0 spiro atoms. The Bertz CT molecular complexity index is 541. The Morgan fingerprint density at radius 1 is 1.32 bits per heavy atom. The van der Waals surface area contributed by atoms with E-state index in [1.54, 1.807) is 6.20 Å². The highest BCUT2D eigenvalue weighted by molar-refractivity contribution is 7.08. The Hall–Kier alpha value is -1.62. The molecule has 0 unspecified atom stereocenters. The maximum absolute atomic E-state index is 12.1. The average Bonchev–Trinajstić information content (AvgIpc) is 3.11. The first-order valence-corrected chi connectivity index (χ1v) is 7.66. The molecular weight excluding hydrogens is 258 g/mol. The Balaban J connectivity index is 1.74. The van der Waals surface area contributed by atoms with Crippen LogP contribution in [0.1, 0.15) is 48.5 Å². The van der Waals surface area contributed by atoms with Crippen LogP contribution in [0.2, 0.25) is 0 Å². The number of aromatic nitrogens is 2. The molecule has 0 atom stereocenters. The monoisotopic (exact) mass is 275 g/mol. The molecule has 2 heterocycles. The molecule has 1 amide bonds. The van der Waals surface area contributed by atoms with Crippen molar-refractivity contribution < 1.29 is 4.79 Å². The fraction of sp³-hybridized carbons (Fsp3) is 0.429. The summed E-state index contributed by atoms with van der Waals surface area (Å²) in [6, 6.07) is 4.14. The van der Waals surface area contributed by atoms with Crippen molar-refractivity contribution in [3.05, 3.63) is 34.7 Å². The first-order valence-electron chi connectivity index (χ1n) is 6.71. The van der Waals surface area contributed by atoms with Gasteiger partial charge in [-0.15, -0.1) is 0 Å². The first kappa shape index (κ1) is 12.4. The van der Waals surface area contributed by atoms with Gasteiger partial charge in [0.25, 0.3) is 5.91 Å². The van der Waals surface area contributed by atoms with Crippen LogP contribution in [0.15, 0.2) is 29.1 Å². The summed E-state index contributed by atoms with van der Waals surface area (Å²) in [6.45, 7) is 0. The minimum Gasteiger partial charge on any atom is -0.307 e. The zero-order chi connectivity index (χ0) is 13.1. The Morgan fingerprint density at radius 3 is 2.89 bits per heavy atom. The molecule has 1 saturated carbocycles. The van der Waals surface area contributed by atoms with Crippen molar-refractivity contribution in [2.75, 3.05) is 5.32 Å². The molecule has 100 valence electrons. The predicted molar refractivity (Wildman–Crippen MR) is 76.6 cm³/mol. The van der Waals surface area contributed by atoms with Crippen LogP contribution >= 0.6 is 11.3 Å². The normalized spacial score (nSPS) is 16.4. The van der Waals surface area contributed by atoms with E-state index in [2.05, 4.69) is 10.4 Å². The van der Waals surface area contributed by atoms with Crippen molar-refractivity contribution in [2.24, 2.45) is 0 Å². The van der Waals surface area contributed by atoms with Crippen LogP contribution in [0.25, 0.3) is 0 Å². The van der Waals surface area contributed by atoms with Crippen molar-refractivity contribution >= 4 is 23.1 Å². The molecule has 4 nitrogen and oxygen atoms in total. The topological polar surface area (TPSA) is 46.9 Å². The van der Waals surface area contributed by atoms with Crippen LogP contribution in [-0.4, -0.2) is 15.7 Å². The summed E-state index contributed by atoms with van der Waals surface area (Å²) in [5.74, 6) is 0.752. The van der Waals surface area contributed by atoms with Crippen LogP contribution in [0.3, 0.4) is 0 Å². The van der Waals surface area contributed by atoms with Crippen LogP contribution in [0.5, 0.6) is 0 Å². The van der Waals surface area contributed by atoms with Gasteiger partial charge in [-0.1, -0.05) is 19.3 Å². The third kappa shape index (κ3) is 2.71. The maximum atomic E-state index is 12.1. The second-order valence-electron chi connectivity index (χ2n) is 4.92. The molecular formula is C14H17N3OS. The van der Waals surface area contributed by atoms with Crippen LogP contribution in [-0.2, 0) is 0 Å². The van der Waals surface area contributed by atoms with Crippen LogP contribution in [0, 0.1) is 0 Å². The zero-order valence-electron chi connectivity index (χ0n) is 10.7. The fourth-order valence-electron chi connectivity index (χ4n) is 2.61. The highest BCUT2D eigenvalue weighted by Gasteiger charge is 2.19. The van der Waals surface area contributed by atoms with Gasteiger partial charge < -0.3 is 5.32 Å². The summed E-state index contributed by atoms with van der Waals surface area (Å²) in [7, 11) is 0. The van der Waals surface area contributed by atoms with Crippen molar-refractivity contribution in [3.63, 3.8) is 0 Å². The predicted octanol–water partition coefficient (Wildman–Crippen LogP) is 3.70. The number of nitrogens with one attached hydrogen (secondary N) is 1. The number of nitrogens with zero attached hydrogens (tertiary/aromatic N) is 2. The lowest BCUT2D eigenvalue weighted by Gasteiger charge is -2.23. The summed E-state index contributed by atoms with van der Waals surface area (Å²) < 4.78 is 1.98. The SMILES string of the molecule is O=C(Nc1ccnn1C1CCCCC1)c1ccsc1. The first-order chi connectivity index (χ1) is 9.34. The summed E-state index contributed by atoms with van der Waals surface area (Å²) in [5.41, 5.74) is 0.710.